The Hall–Kier alpha value is -1.07. The van der Waals surface area contributed by atoms with E-state index < -0.39 is 0 Å². The molecule has 100 valence electrons. The largest absolute Gasteiger partial charge is 0.368 e. The summed E-state index contributed by atoms with van der Waals surface area (Å²) in [5.74, 6) is 0.896. The first-order valence-corrected chi connectivity index (χ1v) is 6.80. The van der Waals surface area contributed by atoms with Crippen LogP contribution >= 0.6 is 11.6 Å². The van der Waals surface area contributed by atoms with E-state index in [0.717, 1.165) is 6.54 Å². The number of anilines is 2. The van der Waals surface area contributed by atoms with Crippen LogP contribution in [0.4, 0.5) is 11.8 Å². The molecule has 6 heteroatoms. The Morgan fingerprint density at radius 1 is 1.39 bits per heavy atom. The van der Waals surface area contributed by atoms with Gasteiger partial charge < -0.3 is 16.0 Å². The van der Waals surface area contributed by atoms with Crippen molar-refractivity contribution >= 4 is 23.4 Å². The Bertz CT molecular complexity index is 372. The summed E-state index contributed by atoms with van der Waals surface area (Å²) in [4.78, 5) is 10.4. The maximum atomic E-state index is 5.84. The molecule has 0 saturated carbocycles. The molecule has 1 unspecified atom stereocenters. The van der Waals surface area contributed by atoms with Crippen LogP contribution in [0.3, 0.4) is 0 Å². The Morgan fingerprint density at radius 3 is 2.78 bits per heavy atom. The average Bonchev–Trinajstić information content (AvgIpc) is 2.28. The molecule has 3 N–H and O–H groups in total. The minimum atomic E-state index is 0.204. The van der Waals surface area contributed by atoms with Crippen molar-refractivity contribution in [1.29, 1.82) is 0 Å². The molecular weight excluding hydrogens is 250 g/mol. The lowest BCUT2D eigenvalue weighted by atomic mass is 10.1. The molecule has 2 heterocycles. The number of hydrogen-bond donors (Lipinski definition) is 2. The Morgan fingerprint density at radius 2 is 2.11 bits per heavy atom. The standard InChI is InChI=1S/C12H20ClN5/c1-9(8-18-5-3-2-4-6-18)15-11-7-10(13)16-12(14)17-11/h7,9H,2-6,8H2,1H3,(H3,14,15,16,17). The summed E-state index contributed by atoms with van der Waals surface area (Å²) in [5, 5.41) is 3.68. The number of piperidine rings is 1. The normalized spacial score (nSPS) is 18.6. The van der Waals surface area contributed by atoms with Crippen LogP contribution in [0.25, 0.3) is 0 Å². The van der Waals surface area contributed by atoms with E-state index >= 15 is 0 Å². The Balaban J connectivity index is 1.87. The number of aromatic nitrogens is 2. The van der Waals surface area contributed by atoms with Gasteiger partial charge >= 0.3 is 0 Å². The Labute approximate surface area is 113 Å². The molecule has 0 spiro atoms. The van der Waals surface area contributed by atoms with Gasteiger partial charge in [0.1, 0.15) is 11.0 Å². The second kappa shape index (κ2) is 6.20. The van der Waals surface area contributed by atoms with E-state index in [9.17, 15) is 0 Å². The fraction of sp³-hybridized carbons (Fsp3) is 0.667. The number of halogens is 1. The minimum absolute atomic E-state index is 0.204. The van der Waals surface area contributed by atoms with Crippen LogP contribution in [0, 0.1) is 0 Å². The number of rotatable bonds is 4. The predicted molar refractivity (Wildman–Crippen MR) is 74.8 cm³/mol. The fourth-order valence-electron chi connectivity index (χ4n) is 2.34. The Kier molecular flexibility index (Phi) is 4.60. The summed E-state index contributed by atoms with van der Waals surface area (Å²) in [5.41, 5.74) is 5.56. The first-order valence-electron chi connectivity index (χ1n) is 6.42. The van der Waals surface area contributed by atoms with Crippen molar-refractivity contribution < 1.29 is 0 Å². The van der Waals surface area contributed by atoms with Crippen LogP contribution < -0.4 is 11.1 Å². The molecule has 18 heavy (non-hydrogen) atoms. The third-order valence-corrected chi connectivity index (χ3v) is 3.28. The van der Waals surface area contributed by atoms with Gasteiger partial charge in [-0.2, -0.15) is 4.98 Å². The predicted octanol–water partition coefficient (Wildman–Crippen LogP) is 2.00. The lowest BCUT2D eigenvalue weighted by molar-refractivity contribution is 0.223. The molecule has 5 nitrogen and oxygen atoms in total. The second-order valence-corrected chi connectivity index (χ2v) is 5.23. The van der Waals surface area contributed by atoms with Crippen molar-refractivity contribution in [3.8, 4) is 0 Å². The van der Waals surface area contributed by atoms with Gasteiger partial charge in [-0.25, -0.2) is 4.98 Å². The van der Waals surface area contributed by atoms with Gasteiger partial charge in [0.2, 0.25) is 5.95 Å². The molecule has 0 amide bonds. The number of nitrogen functional groups attached to an aromatic ring is 1. The van der Waals surface area contributed by atoms with Crippen molar-refractivity contribution in [2.45, 2.75) is 32.2 Å². The lowest BCUT2D eigenvalue weighted by Gasteiger charge is -2.29. The first kappa shape index (κ1) is 13.4. The SMILES string of the molecule is CC(CN1CCCCC1)Nc1cc(Cl)nc(N)n1. The van der Waals surface area contributed by atoms with E-state index in [-0.39, 0.29) is 5.95 Å². The number of nitrogens with zero attached hydrogens (tertiary/aromatic N) is 3. The molecular formula is C12H20ClN5. The van der Waals surface area contributed by atoms with Crippen LogP contribution in [0.5, 0.6) is 0 Å². The van der Waals surface area contributed by atoms with E-state index in [1.807, 2.05) is 0 Å². The van der Waals surface area contributed by atoms with E-state index in [2.05, 4.69) is 27.1 Å². The summed E-state index contributed by atoms with van der Waals surface area (Å²) in [6.45, 7) is 5.54. The molecule has 1 aliphatic rings. The van der Waals surface area contributed by atoms with E-state index in [4.69, 9.17) is 17.3 Å². The van der Waals surface area contributed by atoms with Crippen molar-refractivity contribution in [1.82, 2.24) is 14.9 Å². The maximum Gasteiger partial charge on any atom is 0.223 e. The van der Waals surface area contributed by atoms with Gasteiger partial charge in [-0.05, 0) is 32.9 Å². The zero-order chi connectivity index (χ0) is 13.0. The van der Waals surface area contributed by atoms with Crippen LogP contribution in [0.2, 0.25) is 5.15 Å². The molecule has 0 radical (unpaired) electrons. The number of hydrogen-bond acceptors (Lipinski definition) is 5. The lowest BCUT2D eigenvalue weighted by Crippen LogP contribution is -2.38. The fourth-order valence-corrected chi connectivity index (χ4v) is 2.53. The van der Waals surface area contributed by atoms with Gasteiger partial charge in [0.15, 0.2) is 0 Å². The van der Waals surface area contributed by atoms with Gasteiger partial charge in [-0.1, -0.05) is 18.0 Å². The smallest absolute Gasteiger partial charge is 0.223 e. The highest BCUT2D eigenvalue weighted by Crippen LogP contribution is 2.14. The molecule has 1 saturated heterocycles. The third-order valence-electron chi connectivity index (χ3n) is 3.09. The van der Waals surface area contributed by atoms with Crippen molar-refractivity contribution in [2.24, 2.45) is 0 Å². The zero-order valence-electron chi connectivity index (χ0n) is 10.7. The van der Waals surface area contributed by atoms with Crippen LogP contribution in [0.15, 0.2) is 6.07 Å². The molecule has 0 aromatic carbocycles. The van der Waals surface area contributed by atoms with Gasteiger partial charge in [-0.15, -0.1) is 0 Å². The molecule has 0 bridgehead atoms. The van der Waals surface area contributed by atoms with Gasteiger partial charge in [-0.3, -0.25) is 0 Å². The zero-order valence-corrected chi connectivity index (χ0v) is 11.5. The molecule has 1 aromatic heterocycles. The second-order valence-electron chi connectivity index (χ2n) is 4.84. The monoisotopic (exact) mass is 269 g/mol. The maximum absolute atomic E-state index is 5.84. The number of nitrogens with two attached hydrogens (primary N) is 1. The number of nitrogens with one attached hydrogen (secondary N) is 1. The van der Waals surface area contributed by atoms with E-state index in [0.29, 0.717) is 17.0 Å². The van der Waals surface area contributed by atoms with E-state index in [1.54, 1.807) is 6.07 Å². The average molecular weight is 270 g/mol. The first-order chi connectivity index (χ1) is 8.63. The molecule has 2 rings (SSSR count). The van der Waals surface area contributed by atoms with Crippen LogP contribution in [-0.2, 0) is 0 Å². The molecule has 1 aliphatic heterocycles. The van der Waals surface area contributed by atoms with Crippen LogP contribution in [0.1, 0.15) is 26.2 Å². The highest BCUT2D eigenvalue weighted by atomic mass is 35.5. The quantitative estimate of drug-likeness (QED) is 0.819. The van der Waals surface area contributed by atoms with Gasteiger partial charge in [0.05, 0.1) is 0 Å². The van der Waals surface area contributed by atoms with Crippen molar-refractivity contribution in [3.63, 3.8) is 0 Å². The summed E-state index contributed by atoms with van der Waals surface area (Å²) in [6.07, 6.45) is 3.97. The van der Waals surface area contributed by atoms with E-state index in [1.165, 1.54) is 32.4 Å². The summed E-state index contributed by atoms with van der Waals surface area (Å²) in [6, 6.07) is 2.01. The summed E-state index contributed by atoms with van der Waals surface area (Å²) < 4.78 is 0. The topological polar surface area (TPSA) is 67.1 Å². The summed E-state index contributed by atoms with van der Waals surface area (Å²) in [7, 11) is 0. The molecule has 0 aliphatic carbocycles. The van der Waals surface area contributed by atoms with Crippen molar-refractivity contribution in [2.75, 3.05) is 30.7 Å². The molecule has 1 aromatic rings. The van der Waals surface area contributed by atoms with Gasteiger partial charge in [0, 0.05) is 18.7 Å². The van der Waals surface area contributed by atoms with Gasteiger partial charge in [0.25, 0.3) is 0 Å². The summed E-state index contributed by atoms with van der Waals surface area (Å²) >= 11 is 5.84. The molecule has 1 atom stereocenters. The third kappa shape index (κ3) is 3.99. The number of likely N-dealkylation sites (tertiary alicyclic amines) is 1. The highest BCUT2D eigenvalue weighted by molar-refractivity contribution is 6.29. The minimum Gasteiger partial charge on any atom is -0.368 e. The highest BCUT2D eigenvalue weighted by Gasteiger charge is 2.13. The van der Waals surface area contributed by atoms with Crippen molar-refractivity contribution in [3.05, 3.63) is 11.2 Å². The molecule has 1 fully saturated rings. The van der Waals surface area contributed by atoms with Crippen LogP contribution in [-0.4, -0.2) is 40.5 Å².